The average molecular weight is 649 g/mol. The van der Waals surface area contributed by atoms with Crippen LogP contribution in [0.2, 0.25) is 0 Å². The molecule has 1 saturated heterocycles. The zero-order chi connectivity index (χ0) is 34.4. The molecular formula is C35H52O11. The molecule has 13 atom stereocenters. The van der Waals surface area contributed by atoms with E-state index >= 15 is 0 Å². The van der Waals surface area contributed by atoms with E-state index in [1.54, 1.807) is 33.8 Å². The molecule has 258 valence electrons. The van der Waals surface area contributed by atoms with Crippen molar-refractivity contribution in [2.24, 2.45) is 22.7 Å². The van der Waals surface area contributed by atoms with E-state index in [-0.39, 0.29) is 17.4 Å². The zero-order valence-electron chi connectivity index (χ0n) is 27.8. The topological polar surface area (TPSA) is 201 Å². The Labute approximate surface area is 270 Å². The number of phenols is 1. The molecule has 11 nitrogen and oxygen atoms in total. The van der Waals surface area contributed by atoms with Gasteiger partial charge in [-0.3, -0.25) is 0 Å². The molecule has 46 heavy (non-hydrogen) atoms. The summed E-state index contributed by atoms with van der Waals surface area (Å²) in [5, 5.41) is 96.7. The lowest BCUT2D eigenvalue weighted by atomic mass is 9.42. The molecule has 0 spiro atoms. The van der Waals surface area contributed by atoms with Gasteiger partial charge < -0.3 is 55.4 Å². The van der Waals surface area contributed by atoms with Crippen molar-refractivity contribution < 1.29 is 55.4 Å². The largest absolute Gasteiger partial charge is 0.504 e. The molecule has 3 aliphatic carbocycles. The monoisotopic (exact) mass is 648 g/mol. The fourth-order valence-corrected chi connectivity index (χ4v) is 9.38. The second-order valence-electron chi connectivity index (χ2n) is 15.6. The van der Waals surface area contributed by atoms with E-state index in [1.807, 2.05) is 6.08 Å². The Kier molecular flexibility index (Phi) is 8.84. The van der Waals surface area contributed by atoms with Crippen molar-refractivity contribution in [1.29, 1.82) is 0 Å². The van der Waals surface area contributed by atoms with Gasteiger partial charge in [0.1, 0.15) is 30.5 Å². The van der Waals surface area contributed by atoms with Crippen molar-refractivity contribution in [2.75, 3.05) is 6.61 Å². The van der Waals surface area contributed by atoms with E-state index in [2.05, 4.69) is 26.8 Å². The van der Waals surface area contributed by atoms with Gasteiger partial charge in [-0.2, -0.15) is 0 Å². The second-order valence-corrected chi connectivity index (χ2v) is 15.6. The highest BCUT2D eigenvalue weighted by atomic mass is 16.7. The highest BCUT2D eigenvalue weighted by Gasteiger charge is 2.70. The first-order valence-electron chi connectivity index (χ1n) is 16.2. The Morgan fingerprint density at radius 1 is 1.02 bits per heavy atom. The highest BCUT2D eigenvalue weighted by Crippen LogP contribution is 2.72. The fourth-order valence-electron chi connectivity index (χ4n) is 9.38. The molecule has 0 unspecified atom stereocenters. The Balaban J connectivity index is 1.51. The molecule has 11 heteroatoms. The molecule has 1 aliphatic heterocycles. The number of aliphatic hydroxyl groups excluding tert-OH is 6. The molecule has 9 N–H and O–H groups in total. The fraction of sp³-hybridized carbons (Fsp3) is 0.714. The summed E-state index contributed by atoms with van der Waals surface area (Å²) in [4.78, 5) is 0. The number of ether oxygens (including phenoxy) is 2. The third-order valence-electron chi connectivity index (χ3n) is 12.2. The van der Waals surface area contributed by atoms with Gasteiger partial charge in [0, 0.05) is 16.9 Å². The Morgan fingerprint density at radius 2 is 1.67 bits per heavy atom. The number of hydrogen-bond donors (Lipinski definition) is 9. The zero-order valence-corrected chi connectivity index (χ0v) is 27.8. The summed E-state index contributed by atoms with van der Waals surface area (Å²) >= 11 is 0. The molecular weight excluding hydrogens is 596 g/mol. The van der Waals surface area contributed by atoms with Crippen LogP contribution in [0.15, 0.2) is 24.3 Å². The van der Waals surface area contributed by atoms with Crippen molar-refractivity contribution in [2.45, 2.75) is 127 Å². The Bertz CT molecular complexity index is 1380. The second kappa shape index (κ2) is 11.5. The molecule has 4 aliphatic rings. The van der Waals surface area contributed by atoms with Crippen LogP contribution >= 0.6 is 0 Å². The Morgan fingerprint density at radius 3 is 2.28 bits per heavy atom. The van der Waals surface area contributed by atoms with Crippen molar-refractivity contribution >= 4 is 6.08 Å². The Hall–Kier alpha value is -2.06. The number of aromatic hydroxyl groups is 1. The minimum absolute atomic E-state index is 0.0170. The van der Waals surface area contributed by atoms with Gasteiger partial charge in [0.05, 0.1) is 23.9 Å². The van der Waals surface area contributed by atoms with Gasteiger partial charge in [-0.25, -0.2) is 0 Å². The van der Waals surface area contributed by atoms with Crippen LogP contribution in [0.3, 0.4) is 0 Å². The maximum absolute atomic E-state index is 11.9. The van der Waals surface area contributed by atoms with Crippen LogP contribution in [0.1, 0.15) is 77.5 Å². The number of phenolic OH excluding ortho intramolecular Hbond substituents is 1. The number of hydrogen-bond acceptors (Lipinski definition) is 11. The molecule has 0 radical (unpaired) electrons. The van der Waals surface area contributed by atoms with Gasteiger partial charge >= 0.3 is 0 Å². The van der Waals surface area contributed by atoms with E-state index in [4.69, 9.17) is 9.47 Å². The van der Waals surface area contributed by atoms with Gasteiger partial charge in [-0.05, 0) is 80.9 Å². The van der Waals surface area contributed by atoms with Gasteiger partial charge in [0.15, 0.2) is 11.5 Å². The molecule has 5 rings (SSSR count). The van der Waals surface area contributed by atoms with Crippen molar-refractivity contribution in [3.8, 4) is 11.5 Å². The van der Waals surface area contributed by atoms with E-state index in [0.29, 0.717) is 24.8 Å². The molecule has 1 aromatic rings. The summed E-state index contributed by atoms with van der Waals surface area (Å²) < 4.78 is 11.5. The third-order valence-corrected chi connectivity index (χ3v) is 12.2. The standard InChI is InChI=1S/C35H52O11/c1-17-18-8-9-23-32(4,19(18)14-21(25(17)39)45-30-28(42)27(41)26(40)22(16-36)46-30)12-13-33(5)29(20(37)15-34(23,33)6)35(7,44)24(38)10-11-31(2,3)43/h8-11,14,20,22-24,26-30,36-44H,12-13,15-16H2,1-7H3/t20-,22-,23-,24+,26-,27+,28-,29+,30-,32+,33-,34+,35+/m1/s1. The van der Waals surface area contributed by atoms with Crippen molar-refractivity contribution in [3.63, 3.8) is 0 Å². The SMILES string of the molecule is Cc1c(O)c(O[C@@H]2O[C@H](CO)[C@@H](O)[C@H](O)[C@H]2O)cc2c1C=C[C@@H]1[C@@]2(C)CC[C@]2(C)[C@@H]([C@@](C)(O)[C@@H](O)C=CC(C)(C)O)[C@H](O)C[C@@]12C. The van der Waals surface area contributed by atoms with Crippen LogP contribution in [0.5, 0.6) is 11.5 Å². The first kappa shape index (κ1) is 35.3. The summed E-state index contributed by atoms with van der Waals surface area (Å²) in [6.45, 7) is 12.2. The quantitative estimate of drug-likeness (QED) is 0.194. The molecule has 1 heterocycles. The van der Waals surface area contributed by atoms with Crippen LogP contribution in [-0.2, 0) is 10.2 Å². The summed E-state index contributed by atoms with van der Waals surface area (Å²) in [5.74, 6) is -0.967. The van der Waals surface area contributed by atoms with Crippen LogP contribution in [0, 0.1) is 29.6 Å². The average Bonchev–Trinajstić information content (AvgIpc) is 3.19. The minimum Gasteiger partial charge on any atom is -0.504 e. The lowest BCUT2D eigenvalue weighted by Crippen LogP contribution is -2.60. The van der Waals surface area contributed by atoms with Gasteiger partial charge in [-0.15, -0.1) is 0 Å². The van der Waals surface area contributed by atoms with Crippen LogP contribution in [-0.4, -0.2) is 107 Å². The van der Waals surface area contributed by atoms with Crippen molar-refractivity contribution in [3.05, 3.63) is 41.0 Å². The molecule has 0 bridgehead atoms. The summed E-state index contributed by atoms with van der Waals surface area (Å²) in [6, 6.07) is 1.71. The lowest BCUT2D eigenvalue weighted by molar-refractivity contribution is -0.277. The predicted octanol–water partition coefficient (Wildman–Crippen LogP) is 1.41. The first-order valence-corrected chi connectivity index (χ1v) is 16.2. The molecule has 2 saturated carbocycles. The summed E-state index contributed by atoms with van der Waals surface area (Å²) in [7, 11) is 0. The van der Waals surface area contributed by atoms with Crippen LogP contribution < -0.4 is 4.74 Å². The van der Waals surface area contributed by atoms with Crippen molar-refractivity contribution in [1.82, 2.24) is 0 Å². The van der Waals surface area contributed by atoms with Gasteiger partial charge in [0.25, 0.3) is 0 Å². The van der Waals surface area contributed by atoms with E-state index in [1.165, 1.54) is 12.2 Å². The number of rotatable bonds is 7. The molecule has 0 aromatic heterocycles. The van der Waals surface area contributed by atoms with Crippen LogP contribution in [0.25, 0.3) is 6.08 Å². The molecule has 3 fully saturated rings. The first-order chi connectivity index (χ1) is 21.1. The maximum Gasteiger partial charge on any atom is 0.229 e. The maximum atomic E-state index is 11.9. The number of aliphatic hydroxyl groups is 8. The van der Waals surface area contributed by atoms with Crippen LogP contribution in [0.4, 0.5) is 0 Å². The normalized spacial score (nSPS) is 42.7. The van der Waals surface area contributed by atoms with E-state index < -0.39 is 82.9 Å². The number of fused-ring (bicyclic) bond motifs is 5. The number of allylic oxidation sites excluding steroid dienone is 1. The predicted molar refractivity (Wildman–Crippen MR) is 169 cm³/mol. The highest BCUT2D eigenvalue weighted by molar-refractivity contribution is 5.70. The minimum atomic E-state index is -1.70. The van der Waals surface area contributed by atoms with E-state index in [9.17, 15) is 46.0 Å². The third kappa shape index (κ3) is 5.23. The summed E-state index contributed by atoms with van der Waals surface area (Å²) in [6.07, 6.45) is -1.20. The smallest absolute Gasteiger partial charge is 0.229 e. The molecule has 1 aromatic carbocycles. The van der Waals surface area contributed by atoms with Gasteiger partial charge in [0.2, 0.25) is 6.29 Å². The summed E-state index contributed by atoms with van der Waals surface area (Å²) in [5.41, 5.74) is -2.29. The van der Waals surface area contributed by atoms with E-state index in [0.717, 1.165) is 11.1 Å². The number of benzene rings is 1. The van der Waals surface area contributed by atoms with Gasteiger partial charge in [-0.1, -0.05) is 45.1 Å². The lowest BCUT2D eigenvalue weighted by Gasteiger charge is -2.61. The molecule has 0 amide bonds.